The minimum absolute atomic E-state index is 0.00228. The molecule has 128 valence electrons. The average Bonchev–Trinajstić information content (AvgIpc) is 3.03. The molecule has 0 unspecified atom stereocenters. The van der Waals surface area contributed by atoms with Gasteiger partial charge in [-0.05, 0) is 12.1 Å². The number of amides is 1. The molecule has 0 saturated heterocycles. The number of hydrogen-bond donors (Lipinski definition) is 1. The summed E-state index contributed by atoms with van der Waals surface area (Å²) in [6.07, 6.45) is -4.69. The number of benzene rings is 1. The highest BCUT2D eigenvalue weighted by atomic mass is 19.4. The van der Waals surface area contributed by atoms with Crippen LogP contribution in [0.25, 0.3) is 0 Å². The van der Waals surface area contributed by atoms with Crippen LogP contribution in [-0.2, 0) is 12.6 Å². The molecule has 1 aromatic heterocycles. The number of carbonyl (C=O) groups is 1. The fourth-order valence-electron chi connectivity index (χ4n) is 2.11. The molecule has 1 aromatic carbocycles. The van der Waals surface area contributed by atoms with E-state index in [1.54, 1.807) is 18.2 Å². The van der Waals surface area contributed by atoms with Crippen LogP contribution in [0.1, 0.15) is 22.1 Å². The van der Waals surface area contributed by atoms with E-state index >= 15 is 0 Å². The molecule has 0 bridgehead atoms. The first-order valence-electron chi connectivity index (χ1n) is 7.02. The highest BCUT2D eigenvalue weighted by molar-refractivity contribution is 5.97. The lowest BCUT2D eigenvalue weighted by Gasteiger charge is -2.20. The van der Waals surface area contributed by atoms with Crippen molar-refractivity contribution in [2.45, 2.75) is 12.6 Å². The Morgan fingerprint density at radius 1 is 1.25 bits per heavy atom. The zero-order valence-electron chi connectivity index (χ0n) is 12.2. The second-order valence-electron chi connectivity index (χ2n) is 4.85. The maximum absolute atomic E-state index is 12.3. The molecule has 0 atom stereocenters. The molecule has 0 radical (unpaired) electrons. The number of alkyl halides is 3. The Kier molecular flexibility index (Phi) is 4.28. The van der Waals surface area contributed by atoms with Crippen LogP contribution in [0.2, 0.25) is 0 Å². The summed E-state index contributed by atoms with van der Waals surface area (Å²) in [6.45, 7) is 0.776. The molecule has 0 saturated carbocycles. The Morgan fingerprint density at radius 2 is 2.04 bits per heavy atom. The van der Waals surface area contributed by atoms with Gasteiger partial charge in [-0.1, -0.05) is 11.2 Å². The minimum atomic E-state index is -4.69. The lowest BCUT2D eigenvalue weighted by atomic mass is 10.1. The van der Waals surface area contributed by atoms with E-state index in [-0.39, 0.29) is 24.4 Å². The summed E-state index contributed by atoms with van der Waals surface area (Å²) in [7, 11) is 0. The largest absolute Gasteiger partial charge is 0.486 e. The van der Waals surface area contributed by atoms with Crippen molar-refractivity contribution in [1.29, 1.82) is 0 Å². The number of ether oxygens (including phenoxy) is 2. The Balaban J connectivity index is 1.59. The van der Waals surface area contributed by atoms with E-state index in [1.807, 2.05) is 0 Å². The standard InChI is InChI=1S/C14H12F3N3O4/c15-14(16,17)13-19-10(20-24-13)4-5-18-12(21)8-2-1-3-9-11(8)23-7-6-22-9/h1-3H,4-7H2,(H,18,21). The number of fused-ring (bicyclic) bond motifs is 1. The van der Waals surface area contributed by atoms with E-state index in [9.17, 15) is 18.0 Å². The van der Waals surface area contributed by atoms with Crippen LogP contribution in [0.5, 0.6) is 11.5 Å². The van der Waals surface area contributed by atoms with Gasteiger partial charge in [0, 0.05) is 13.0 Å². The highest BCUT2D eigenvalue weighted by Crippen LogP contribution is 2.33. The summed E-state index contributed by atoms with van der Waals surface area (Å²) >= 11 is 0. The zero-order chi connectivity index (χ0) is 17.2. The predicted molar refractivity (Wildman–Crippen MR) is 72.8 cm³/mol. The van der Waals surface area contributed by atoms with Crippen molar-refractivity contribution < 1.29 is 32.0 Å². The third kappa shape index (κ3) is 3.42. The van der Waals surface area contributed by atoms with Crippen LogP contribution in [0.3, 0.4) is 0 Å². The van der Waals surface area contributed by atoms with Crippen molar-refractivity contribution in [3.8, 4) is 11.5 Å². The van der Waals surface area contributed by atoms with Gasteiger partial charge in [0.05, 0.1) is 5.56 Å². The Bertz CT molecular complexity index is 745. The maximum Gasteiger partial charge on any atom is 0.471 e. The van der Waals surface area contributed by atoms with Crippen molar-refractivity contribution >= 4 is 5.91 Å². The van der Waals surface area contributed by atoms with E-state index < -0.39 is 18.0 Å². The molecule has 0 spiro atoms. The van der Waals surface area contributed by atoms with Gasteiger partial charge in [0.15, 0.2) is 17.3 Å². The first-order chi connectivity index (χ1) is 11.4. The smallest absolute Gasteiger partial charge is 0.471 e. The van der Waals surface area contributed by atoms with Gasteiger partial charge in [0.2, 0.25) is 0 Å². The van der Waals surface area contributed by atoms with Gasteiger partial charge in [-0.3, -0.25) is 4.79 Å². The summed E-state index contributed by atoms with van der Waals surface area (Å²) in [5, 5.41) is 5.79. The van der Waals surface area contributed by atoms with Crippen LogP contribution in [0, 0.1) is 0 Å². The minimum Gasteiger partial charge on any atom is -0.486 e. The Hall–Kier alpha value is -2.78. The van der Waals surface area contributed by atoms with Crippen LogP contribution >= 0.6 is 0 Å². The normalized spacial score (nSPS) is 13.6. The molecule has 10 heteroatoms. The van der Waals surface area contributed by atoms with Crippen LogP contribution in [0.15, 0.2) is 22.7 Å². The third-order valence-corrected chi connectivity index (χ3v) is 3.16. The van der Waals surface area contributed by atoms with Gasteiger partial charge in [0.25, 0.3) is 5.91 Å². The van der Waals surface area contributed by atoms with Crippen molar-refractivity contribution in [3.63, 3.8) is 0 Å². The van der Waals surface area contributed by atoms with Crippen LogP contribution in [0.4, 0.5) is 13.2 Å². The third-order valence-electron chi connectivity index (χ3n) is 3.16. The molecule has 1 amide bonds. The number of hydrogen-bond acceptors (Lipinski definition) is 6. The van der Waals surface area contributed by atoms with E-state index in [0.29, 0.717) is 24.7 Å². The molecule has 24 heavy (non-hydrogen) atoms. The SMILES string of the molecule is O=C(NCCc1noc(C(F)(F)F)n1)c1cccc2c1OCCO2. The molecular formula is C14H12F3N3O4. The molecule has 2 aromatic rings. The van der Waals surface area contributed by atoms with E-state index in [4.69, 9.17) is 9.47 Å². The molecule has 0 aliphatic carbocycles. The van der Waals surface area contributed by atoms with Gasteiger partial charge >= 0.3 is 12.1 Å². The zero-order valence-corrected chi connectivity index (χ0v) is 12.2. The lowest BCUT2D eigenvalue weighted by Crippen LogP contribution is -2.27. The van der Waals surface area contributed by atoms with E-state index in [0.717, 1.165) is 0 Å². The van der Waals surface area contributed by atoms with Gasteiger partial charge in [-0.25, -0.2) is 0 Å². The van der Waals surface area contributed by atoms with Crippen molar-refractivity contribution in [2.24, 2.45) is 0 Å². The van der Waals surface area contributed by atoms with Crippen molar-refractivity contribution in [3.05, 3.63) is 35.5 Å². The van der Waals surface area contributed by atoms with E-state index in [2.05, 4.69) is 20.0 Å². The van der Waals surface area contributed by atoms with E-state index in [1.165, 1.54) is 0 Å². The molecule has 1 aliphatic rings. The monoisotopic (exact) mass is 343 g/mol. The predicted octanol–water partition coefficient (Wildman–Crippen LogP) is 1.83. The molecule has 0 fully saturated rings. The van der Waals surface area contributed by atoms with Crippen LogP contribution < -0.4 is 14.8 Å². The Labute approximate surface area is 133 Å². The molecule has 1 N–H and O–H groups in total. The van der Waals surface area contributed by atoms with Gasteiger partial charge in [0.1, 0.15) is 13.2 Å². The van der Waals surface area contributed by atoms with Crippen LogP contribution in [-0.4, -0.2) is 35.8 Å². The fraction of sp³-hybridized carbons (Fsp3) is 0.357. The molecule has 2 heterocycles. The first kappa shape index (κ1) is 16.1. The summed E-state index contributed by atoms with van der Waals surface area (Å²) in [5.41, 5.74) is 0.288. The van der Waals surface area contributed by atoms with Gasteiger partial charge in [-0.2, -0.15) is 18.2 Å². The molecular weight excluding hydrogens is 331 g/mol. The maximum atomic E-state index is 12.3. The fourth-order valence-corrected chi connectivity index (χ4v) is 2.11. The second kappa shape index (κ2) is 6.38. The second-order valence-corrected chi connectivity index (χ2v) is 4.85. The first-order valence-corrected chi connectivity index (χ1v) is 7.02. The quantitative estimate of drug-likeness (QED) is 0.911. The molecule has 3 rings (SSSR count). The topological polar surface area (TPSA) is 86.5 Å². The number of carbonyl (C=O) groups excluding carboxylic acids is 1. The number of para-hydroxylation sites is 1. The number of halogens is 3. The number of nitrogens with zero attached hydrogens (tertiary/aromatic N) is 2. The number of nitrogens with one attached hydrogen (secondary N) is 1. The number of rotatable bonds is 4. The highest BCUT2D eigenvalue weighted by Gasteiger charge is 2.38. The Morgan fingerprint density at radius 3 is 2.79 bits per heavy atom. The number of aromatic nitrogens is 2. The van der Waals surface area contributed by atoms with Gasteiger partial charge in [-0.15, -0.1) is 0 Å². The summed E-state index contributed by atoms with van der Waals surface area (Å²) in [5.74, 6) is -1.16. The van der Waals surface area contributed by atoms with Crippen molar-refractivity contribution in [2.75, 3.05) is 19.8 Å². The molecule has 7 nitrogen and oxygen atoms in total. The van der Waals surface area contributed by atoms with Gasteiger partial charge < -0.3 is 19.3 Å². The summed E-state index contributed by atoms with van der Waals surface area (Å²) in [6, 6.07) is 4.90. The molecule has 1 aliphatic heterocycles. The summed E-state index contributed by atoms with van der Waals surface area (Å²) in [4.78, 5) is 15.4. The summed E-state index contributed by atoms with van der Waals surface area (Å²) < 4.78 is 51.9. The van der Waals surface area contributed by atoms with Crippen molar-refractivity contribution in [1.82, 2.24) is 15.5 Å². The average molecular weight is 343 g/mol. The lowest BCUT2D eigenvalue weighted by molar-refractivity contribution is -0.159.